The molecule has 5 atom stereocenters. The molecule has 1 heterocycles. The first-order valence-electron chi connectivity index (χ1n) is 15.8. The van der Waals surface area contributed by atoms with Crippen LogP contribution >= 0.6 is 11.6 Å². The van der Waals surface area contributed by atoms with Gasteiger partial charge >= 0.3 is 0 Å². The maximum atomic E-state index is 11.2. The lowest BCUT2D eigenvalue weighted by molar-refractivity contribution is -0.108. The summed E-state index contributed by atoms with van der Waals surface area (Å²) in [7, 11) is -3.61. The van der Waals surface area contributed by atoms with Crippen molar-refractivity contribution in [1.82, 2.24) is 5.32 Å². The molecule has 7 heteroatoms. The average Bonchev–Trinajstić information content (AvgIpc) is 3.27. The summed E-state index contributed by atoms with van der Waals surface area (Å²) in [5, 5.41) is 4.99. The summed E-state index contributed by atoms with van der Waals surface area (Å²) in [6, 6.07) is 3.69. The van der Waals surface area contributed by atoms with Gasteiger partial charge < -0.3 is 19.0 Å². The number of nitrogens with one attached hydrogen (secondary N) is 1. The summed E-state index contributed by atoms with van der Waals surface area (Å²) in [5.74, 6) is 1.03. The number of allylic oxidation sites excluding steroid dienone is 1. The van der Waals surface area contributed by atoms with Gasteiger partial charge in [-0.25, -0.2) is 0 Å². The van der Waals surface area contributed by atoms with E-state index >= 15 is 0 Å². The maximum absolute atomic E-state index is 11.2. The smallest absolute Gasteiger partial charge is 0.193 e. The van der Waals surface area contributed by atoms with Crippen molar-refractivity contribution in [3.63, 3.8) is 0 Å². The van der Waals surface area contributed by atoms with Crippen molar-refractivity contribution in [2.75, 3.05) is 6.61 Å². The molecule has 2 rings (SSSR count). The lowest BCUT2D eigenvalue weighted by Crippen LogP contribution is -2.56. The molecule has 226 valence electrons. The molecule has 1 spiro atoms. The number of halogens is 1. The van der Waals surface area contributed by atoms with Crippen molar-refractivity contribution in [2.24, 2.45) is 11.8 Å². The fourth-order valence-electron chi connectivity index (χ4n) is 6.58. The van der Waals surface area contributed by atoms with Gasteiger partial charge in [-0.3, -0.25) is 0 Å². The largest absolute Gasteiger partial charge is 0.416 e. The van der Waals surface area contributed by atoms with Gasteiger partial charge in [0.1, 0.15) is 6.29 Å². The molecule has 0 radical (unpaired) electrons. The number of hydrogen-bond donors (Lipinski definition) is 1. The van der Waals surface area contributed by atoms with Gasteiger partial charge in [0.25, 0.3) is 0 Å². The van der Waals surface area contributed by atoms with E-state index in [1.807, 2.05) is 0 Å². The van der Waals surface area contributed by atoms with E-state index < -0.39 is 16.6 Å². The van der Waals surface area contributed by atoms with E-state index in [1.165, 1.54) is 32.1 Å². The molecule has 0 amide bonds. The van der Waals surface area contributed by atoms with Crippen LogP contribution in [0.2, 0.25) is 36.3 Å². The summed E-state index contributed by atoms with van der Waals surface area (Å²) < 4.78 is 13.4. The molecule has 0 aromatic rings. The van der Waals surface area contributed by atoms with Crippen molar-refractivity contribution < 1.29 is 13.6 Å². The Labute approximate surface area is 248 Å². The standard InChI is InChI=1S/C32H60ClNO3Si2/c1-10-39(11-2,12-3)37-29(25-27(33)20-24-36-38(8,9)31(5,6)7)18-17-26(4)30-16-14-22-32(30)21-13-15-28(34-32)19-23-35/h17-18,23,25-26,28-30,34H,10-16,19-22,24H2,1-9H3/b18-17+,27-25-/t26-,28-,29-,30-,32-/m1/s1. The highest BCUT2D eigenvalue weighted by Crippen LogP contribution is 2.46. The third-order valence-electron chi connectivity index (χ3n) is 10.4. The van der Waals surface area contributed by atoms with E-state index in [4.69, 9.17) is 20.5 Å². The molecule has 0 bridgehead atoms. The van der Waals surface area contributed by atoms with Crippen LogP contribution in [-0.4, -0.2) is 47.2 Å². The Bertz CT molecular complexity index is 812. The van der Waals surface area contributed by atoms with Crippen molar-refractivity contribution >= 4 is 34.5 Å². The van der Waals surface area contributed by atoms with Crippen LogP contribution in [0.25, 0.3) is 0 Å². The predicted octanol–water partition coefficient (Wildman–Crippen LogP) is 9.37. The average molecular weight is 598 g/mol. The van der Waals surface area contributed by atoms with Gasteiger partial charge in [0.2, 0.25) is 0 Å². The Hall–Kier alpha value is -0.246. The first-order valence-corrected chi connectivity index (χ1v) is 21.7. The second-order valence-corrected chi connectivity index (χ2v) is 23.9. The number of carbonyl (C=O) groups excluding carboxylic acids is 1. The predicted molar refractivity (Wildman–Crippen MR) is 174 cm³/mol. The minimum absolute atomic E-state index is 0.0983. The summed E-state index contributed by atoms with van der Waals surface area (Å²) in [6.45, 7) is 21.3. The van der Waals surface area contributed by atoms with E-state index in [9.17, 15) is 4.79 Å². The summed E-state index contributed by atoms with van der Waals surface area (Å²) in [4.78, 5) is 11.2. The maximum Gasteiger partial charge on any atom is 0.193 e. The van der Waals surface area contributed by atoms with Crippen LogP contribution in [-0.2, 0) is 13.6 Å². The lowest BCUT2D eigenvalue weighted by atomic mass is 9.72. The Balaban J connectivity index is 2.19. The molecule has 39 heavy (non-hydrogen) atoms. The van der Waals surface area contributed by atoms with Gasteiger partial charge in [-0.1, -0.05) is 85.1 Å². The second-order valence-electron chi connectivity index (χ2n) is 13.8. The van der Waals surface area contributed by atoms with Crippen molar-refractivity contribution in [1.29, 1.82) is 0 Å². The molecule has 1 aliphatic heterocycles. The summed E-state index contributed by atoms with van der Waals surface area (Å²) >= 11 is 6.84. The van der Waals surface area contributed by atoms with Gasteiger partial charge in [0.05, 0.1) is 6.10 Å². The fourth-order valence-corrected chi connectivity index (χ4v) is 10.6. The first kappa shape index (κ1) is 35.0. The Morgan fingerprint density at radius 2 is 1.69 bits per heavy atom. The van der Waals surface area contributed by atoms with Crippen LogP contribution < -0.4 is 5.32 Å². The van der Waals surface area contributed by atoms with E-state index in [1.54, 1.807) is 0 Å². The van der Waals surface area contributed by atoms with E-state index in [0.717, 1.165) is 42.3 Å². The molecule has 1 N–H and O–H groups in total. The second kappa shape index (κ2) is 15.3. The number of aldehydes is 1. The Morgan fingerprint density at radius 3 is 2.26 bits per heavy atom. The van der Waals surface area contributed by atoms with Crippen LogP contribution in [0.1, 0.15) is 99.8 Å². The number of piperidine rings is 1. The van der Waals surface area contributed by atoms with Crippen LogP contribution in [0.3, 0.4) is 0 Å². The molecule has 1 saturated heterocycles. The minimum Gasteiger partial charge on any atom is -0.416 e. The molecule has 4 nitrogen and oxygen atoms in total. The van der Waals surface area contributed by atoms with Crippen molar-refractivity contribution in [2.45, 2.75) is 154 Å². The number of carbonyl (C=O) groups is 1. The van der Waals surface area contributed by atoms with Crippen molar-refractivity contribution in [3.05, 3.63) is 23.3 Å². The quantitative estimate of drug-likeness (QED) is 0.116. The van der Waals surface area contributed by atoms with Gasteiger partial charge in [0.15, 0.2) is 16.6 Å². The molecular formula is C32H60ClNO3Si2. The van der Waals surface area contributed by atoms with Crippen LogP contribution in [0.15, 0.2) is 23.3 Å². The van der Waals surface area contributed by atoms with Crippen LogP contribution in [0.4, 0.5) is 0 Å². The van der Waals surface area contributed by atoms with Gasteiger partial charge in [-0.2, -0.15) is 0 Å². The van der Waals surface area contributed by atoms with E-state index in [0.29, 0.717) is 30.9 Å². The topological polar surface area (TPSA) is 47.6 Å². The number of hydrogen-bond acceptors (Lipinski definition) is 4. The van der Waals surface area contributed by atoms with Gasteiger partial charge in [-0.05, 0) is 79.9 Å². The van der Waals surface area contributed by atoms with E-state index in [-0.39, 0.29) is 16.7 Å². The van der Waals surface area contributed by atoms with Crippen molar-refractivity contribution in [3.8, 4) is 0 Å². The highest BCUT2D eigenvalue weighted by molar-refractivity contribution is 6.74. The first-order chi connectivity index (χ1) is 18.3. The molecule has 1 aliphatic carbocycles. The van der Waals surface area contributed by atoms with Crippen LogP contribution in [0, 0.1) is 11.8 Å². The normalized spacial score (nSPS) is 26.9. The summed E-state index contributed by atoms with van der Waals surface area (Å²) in [6.07, 6.45) is 16.5. The molecule has 0 aromatic carbocycles. The monoisotopic (exact) mass is 597 g/mol. The SMILES string of the molecule is CC[Si](CC)(CC)O[C@@H](/C=C(\Cl)CCO[Si](C)(C)C(C)(C)C)/C=C/[C@@H](C)[C@H]1CCC[C@]12CCC[C@H](CC=O)N2. The van der Waals surface area contributed by atoms with Gasteiger partial charge in [-0.15, -0.1) is 0 Å². The van der Waals surface area contributed by atoms with E-state index in [2.05, 4.69) is 85.1 Å². The summed E-state index contributed by atoms with van der Waals surface area (Å²) in [5.41, 5.74) is 0.176. The molecular weight excluding hydrogens is 538 g/mol. The lowest BCUT2D eigenvalue weighted by Gasteiger charge is -2.45. The fraction of sp³-hybridized carbons (Fsp3) is 0.844. The highest BCUT2D eigenvalue weighted by Gasteiger charge is 2.46. The third kappa shape index (κ3) is 9.64. The molecule has 2 fully saturated rings. The zero-order chi connectivity index (χ0) is 29.3. The van der Waals surface area contributed by atoms with Gasteiger partial charge in [0, 0.05) is 36.1 Å². The Kier molecular flexibility index (Phi) is 13.7. The molecule has 0 aromatic heterocycles. The van der Waals surface area contributed by atoms with Crippen LogP contribution in [0.5, 0.6) is 0 Å². The third-order valence-corrected chi connectivity index (χ3v) is 19.9. The zero-order valence-electron chi connectivity index (χ0n) is 26.7. The molecule has 0 unspecified atom stereocenters. The number of rotatable bonds is 15. The Morgan fingerprint density at radius 1 is 1.08 bits per heavy atom. The molecule has 2 aliphatic rings. The zero-order valence-corrected chi connectivity index (χ0v) is 29.5. The molecule has 1 saturated carbocycles. The highest BCUT2D eigenvalue weighted by atomic mass is 35.5. The minimum atomic E-state index is -1.82.